The maximum atomic E-state index is 12.3. The van der Waals surface area contributed by atoms with E-state index in [4.69, 9.17) is 4.74 Å². The Bertz CT molecular complexity index is 775. The van der Waals surface area contributed by atoms with E-state index in [2.05, 4.69) is 10.6 Å². The van der Waals surface area contributed by atoms with Crippen LogP contribution < -0.4 is 10.6 Å². The van der Waals surface area contributed by atoms with Crippen molar-refractivity contribution in [3.63, 3.8) is 0 Å². The molecule has 0 aliphatic heterocycles. The first-order valence-electron chi connectivity index (χ1n) is 10.3. The average molecular weight is 400 g/mol. The van der Waals surface area contributed by atoms with Crippen LogP contribution in [0.15, 0.2) is 24.3 Å². The molecule has 1 aromatic carbocycles. The van der Waals surface area contributed by atoms with Crippen LogP contribution in [-0.2, 0) is 30.3 Å². The third-order valence-corrected chi connectivity index (χ3v) is 5.85. The summed E-state index contributed by atoms with van der Waals surface area (Å²) in [6.07, 6.45) is 4.55. The summed E-state index contributed by atoms with van der Waals surface area (Å²) in [4.78, 5) is 48.4. The van der Waals surface area contributed by atoms with Crippen molar-refractivity contribution in [3.05, 3.63) is 29.8 Å². The van der Waals surface area contributed by atoms with Gasteiger partial charge in [0.25, 0.3) is 5.91 Å². The van der Waals surface area contributed by atoms with E-state index in [1.54, 1.807) is 0 Å². The number of benzene rings is 1. The molecular formula is C22H28N2O5. The first-order chi connectivity index (χ1) is 14.0. The molecule has 3 atom stereocenters. The molecule has 0 aromatic heterocycles. The summed E-state index contributed by atoms with van der Waals surface area (Å²) in [7, 11) is 0. The second-order valence-corrected chi connectivity index (χ2v) is 7.84. The lowest BCUT2D eigenvalue weighted by Crippen LogP contribution is -2.40. The quantitative estimate of drug-likeness (QED) is 0.684. The van der Waals surface area contributed by atoms with Gasteiger partial charge in [-0.3, -0.25) is 19.2 Å². The Morgan fingerprint density at radius 2 is 1.76 bits per heavy atom. The second-order valence-electron chi connectivity index (χ2n) is 7.84. The SMILES string of the molecule is CCc1ccccc1NC(=O)CNC(=O)COC(=O)C1C[C@H]2CCC[C@@H](C1)C2=O. The number of fused-ring (bicyclic) bond motifs is 2. The fraction of sp³-hybridized carbons (Fsp3) is 0.545. The fourth-order valence-corrected chi connectivity index (χ4v) is 4.30. The van der Waals surface area contributed by atoms with Gasteiger partial charge >= 0.3 is 5.97 Å². The first kappa shape index (κ1) is 21.0. The summed E-state index contributed by atoms with van der Waals surface area (Å²) >= 11 is 0. The number of hydrogen-bond donors (Lipinski definition) is 2. The van der Waals surface area contributed by atoms with Crippen molar-refractivity contribution >= 4 is 29.3 Å². The molecule has 2 aliphatic rings. The third-order valence-electron chi connectivity index (χ3n) is 5.85. The number of ether oxygens (including phenoxy) is 1. The van der Waals surface area contributed by atoms with Gasteiger partial charge in [-0.1, -0.05) is 31.5 Å². The number of aryl methyl sites for hydroxylation is 1. The zero-order valence-electron chi connectivity index (χ0n) is 16.7. The van der Waals surface area contributed by atoms with Crippen molar-refractivity contribution in [2.75, 3.05) is 18.5 Å². The minimum absolute atomic E-state index is 0.0384. The van der Waals surface area contributed by atoms with Crippen LogP contribution in [0.5, 0.6) is 0 Å². The summed E-state index contributed by atoms with van der Waals surface area (Å²) < 4.78 is 5.14. The van der Waals surface area contributed by atoms with Gasteiger partial charge in [0.05, 0.1) is 12.5 Å². The predicted octanol–water partition coefficient (Wildman–Crippen LogP) is 2.24. The van der Waals surface area contributed by atoms with E-state index < -0.39 is 18.5 Å². The number of nitrogens with one attached hydrogen (secondary N) is 2. The number of esters is 1. The Balaban J connectivity index is 1.39. The van der Waals surface area contributed by atoms with Crippen molar-refractivity contribution in [2.24, 2.45) is 17.8 Å². The Kier molecular flexibility index (Phi) is 7.01. The minimum Gasteiger partial charge on any atom is -0.455 e. The molecule has 2 amide bonds. The molecular weight excluding hydrogens is 372 g/mol. The van der Waals surface area contributed by atoms with Gasteiger partial charge in [-0.15, -0.1) is 0 Å². The maximum Gasteiger partial charge on any atom is 0.309 e. The highest BCUT2D eigenvalue weighted by molar-refractivity contribution is 5.95. The number of hydrogen-bond acceptors (Lipinski definition) is 5. The number of rotatable bonds is 7. The van der Waals surface area contributed by atoms with E-state index in [1.165, 1.54) is 0 Å². The van der Waals surface area contributed by atoms with Crippen molar-refractivity contribution in [3.8, 4) is 0 Å². The molecule has 7 nitrogen and oxygen atoms in total. The second kappa shape index (κ2) is 9.67. The number of para-hydroxylation sites is 1. The molecule has 0 radical (unpaired) electrons. The van der Waals surface area contributed by atoms with Crippen LogP contribution in [0.25, 0.3) is 0 Å². The van der Waals surface area contributed by atoms with Crippen LogP contribution in [0.2, 0.25) is 0 Å². The van der Waals surface area contributed by atoms with Crippen molar-refractivity contribution in [1.82, 2.24) is 5.32 Å². The third kappa shape index (κ3) is 5.43. The van der Waals surface area contributed by atoms with E-state index in [9.17, 15) is 19.2 Å². The molecule has 2 bridgehead atoms. The Hall–Kier alpha value is -2.70. The summed E-state index contributed by atoms with van der Waals surface area (Å²) in [6.45, 7) is 1.38. The molecule has 7 heteroatoms. The van der Waals surface area contributed by atoms with Crippen molar-refractivity contribution in [2.45, 2.75) is 45.4 Å². The first-order valence-corrected chi connectivity index (χ1v) is 10.3. The van der Waals surface area contributed by atoms with Gasteiger partial charge in [0, 0.05) is 17.5 Å². The van der Waals surface area contributed by atoms with Crippen LogP contribution in [0.4, 0.5) is 5.69 Å². The molecule has 0 heterocycles. The molecule has 0 saturated heterocycles. The van der Waals surface area contributed by atoms with E-state index in [0.29, 0.717) is 12.8 Å². The number of carbonyl (C=O) groups excluding carboxylic acids is 4. The molecule has 0 spiro atoms. The Labute approximate surface area is 170 Å². The normalized spacial score (nSPS) is 23.2. The molecule has 156 valence electrons. The van der Waals surface area contributed by atoms with Gasteiger partial charge in [0.15, 0.2) is 6.61 Å². The van der Waals surface area contributed by atoms with E-state index >= 15 is 0 Å². The number of carbonyl (C=O) groups is 4. The number of anilines is 1. The summed E-state index contributed by atoms with van der Waals surface area (Å²) in [5.41, 5.74) is 1.73. The summed E-state index contributed by atoms with van der Waals surface area (Å²) in [5.74, 6) is -1.40. The van der Waals surface area contributed by atoms with Crippen LogP contribution in [0.1, 0.15) is 44.6 Å². The van der Waals surface area contributed by atoms with Crippen LogP contribution in [-0.4, -0.2) is 36.7 Å². The number of amides is 2. The van der Waals surface area contributed by atoms with E-state index in [-0.39, 0.29) is 36.0 Å². The van der Waals surface area contributed by atoms with Gasteiger partial charge in [0.2, 0.25) is 5.91 Å². The largest absolute Gasteiger partial charge is 0.455 e. The van der Waals surface area contributed by atoms with Gasteiger partial charge in [0.1, 0.15) is 5.78 Å². The van der Waals surface area contributed by atoms with Gasteiger partial charge in [-0.05, 0) is 43.7 Å². The number of Topliss-reactive ketones (excluding diaryl/α,β-unsaturated/α-hetero) is 1. The molecule has 29 heavy (non-hydrogen) atoms. The minimum atomic E-state index is -0.524. The zero-order chi connectivity index (χ0) is 20.8. The summed E-state index contributed by atoms with van der Waals surface area (Å²) in [5, 5.41) is 5.23. The van der Waals surface area contributed by atoms with Gasteiger partial charge in [-0.2, -0.15) is 0 Å². The maximum absolute atomic E-state index is 12.3. The van der Waals surface area contributed by atoms with Gasteiger partial charge < -0.3 is 15.4 Å². The molecule has 1 unspecified atom stereocenters. The van der Waals surface area contributed by atoms with Crippen LogP contribution in [0.3, 0.4) is 0 Å². The molecule has 2 fully saturated rings. The van der Waals surface area contributed by atoms with E-state index in [1.807, 2.05) is 31.2 Å². The van der Waals surface area contributed by atoms with Crippen molar-refractivity contribution < 1.29 is 23.9 Å². The fourth-order valence-electron chi connectivity index (χ4n) is 4.30. The smallest absolute Gasteiger partial charge is 0.309 e. The average Bonchev–Trinajstić information content (AvgIpc) is 2.70. The highest BCUT2D eigenvalue weighted by Crippen LogP contribution is 2.40. The zero-order valence-corrected chi connectivity index (χ0v) is 16.7. The predicted molar refractivity (Wildman–Crippen MR) is 107 cm³/mol. The molecule has 1 aromatic rings. The van der Waals surface area contributed by atoms with Crippen LogP contribution >= 0.6 is 0 Å². The lowest BCUT2D eigenvalue weighted by Gasteiger charge is -2.36. The Morgan fingerprint density at radius 1 is 1.07 bits per heavy atom. The number of ketones is 1. The highest BCUT2D eigenvalue weighted by atomic mass is 16.5. The summed E-state index contributed by atoms with van der Waals surface area (Å²) in [6, 6.07) is 7.48. The topological polar surface area (TPSA) is 102 Å². The van der Waals surface area contributed by atoms with Crippen LogP contribution in [0, 0.1) is 17.8 Å². The standard InChI is InChI=1S/C22H28N2O5/c1-2-14-6-3-4-9-18(14)24-19(25)12-23-20(26)13-29-22(28)17-10-15-7-5-8-16(11-17)21(15)27/h3-4,6,9,15-17H,2,5,7-8,10-13H2,1H3,(H,23,26)(H,24,25)/t15-,16+,17?. The van der Waals surface area contributed by atoms with E-state index in [0.717, 1.165) is 36.9 Å². The highest BCUT2D eigenvalue weighted by Gasteiger charge is 2.41. The molecule has 3 rings (SSSR count). The molecule has 2 saturated carbocycles. The molecule has 2 N–H and O–H groups in total. The monoisotopic (exact) mass is 400 g/mol. The lowest BCUT2D eigenvalue weighted by atomic mass is 9.67. The van der Waals surface area contributed by atoms with Gasteiger partial charge in [-0.25, -0.2) is 0 Å². The lowest BCUT2D eigenvalue weighted by molar-refractivity contribution is -0.156. The van der Waals surface area contributed by atoms with Crippen molar-refractivity contribution in [1.29, 1.82) is 0 Å². The molecule has 2 aliphatic carbocycles. The Morgan fingerprint density at radius 3 is 2.45 bits per heavy atom.